The molecule has 0 bridgehead atoms. The minimum Gasteiger partial charge on any atom is -0.481 e. The van der Waals surface area contributed by atoms with Gasteiger partial charge in [0.25, 0.3) is 5.56 Å². The van der Waals surface area contributed by atoms with Gasteiger partial charge in [0, 0.05) is 66.1 Å². The first kappa shape index (κ1) is 36.5. The van der Waals surface area contributed by atoms with E-state index in [1.165, 1.54) is 34.2 Å². The molecule has 0 saturated carbocycles. The summed E-state index contributed by atoms with van der Waals surface area (Å²) in [6.45, 7) is 5.06. The summed E-state index contributed by atoms with van der Waals surface area (Å²) in [6, 6.07) is 13.1. The molecule has 1 aliphatic rings. The van der Waals surface area contributed by atoms with Crippen LogP contribution in [-0.2, 0) is 23.1 Å². The zero-order valence-electron chi connectivity index (χ0n) is 29.0. The number of aromatic nitrogens is 4. The average Bonchev–Trinajstić information content (AvgIpc) is 3.72. The van der Waals surface area contributed by atoms with Crippen LogP contribution in [0.15, 0.2) is 59.5 Å². The molecule has 3 aromatic heterocycles. The number of aldehydes is 1. The highest BCUT2D eigenvalue weighted by Gasteiger charge is 2.30. The van der Waals surface area contributed by atoms with Gasteiger partial charge in [-0.05, 0) is 33.3 Å². The number of carbonyl (C=O) groups excluding carboxylic acids is 3. The molecule has 0 unspecified atom stereocenters. The molecule has 52 heavy (non-hydrogen) atoms. The number of pyridine rings is 1. The van der Waals surface area contributed by atoms with Gasteiger partial charge in [-0.15, -0.1) is 5.10 Å². The fourth-order valence-corrected chi connectivity index (χ4v) is 6.73. The lowest BCUT2D eigenvalue weighted by molar-refractivity contribution is -0.119. The average molecular weight is 750 g/mol. The number of fused-ring (bicyclic) bond motifs is 1. The molecule has 270 valence electrons. The standard InChI is InChI=1S/C37H35Cl2FN6O6/c1-37(2,3)52-36(50)45(17-21-12-13-31(48)41-21)18-26-27(40)15-28(42-34(26)51-5)25-11-7-10-24(33(25)39)23-9-6-8-22(32(23)38)20-14-29-35(49)44(4)30(19-47)43-46(29)16-20/h6-11,14-16,19,21H,12-13,17-18H2,1-5H3,(H,41,48)/t21-/m0/s1. The van der Waals surface area contributed by atoms with Crippen LogP contribution < -0.4 is 15.6 Å². The van der Waals surface area contributed by atoms with E-state index in [1.807, 2.05) is 0 Å². The SMILES string of the molecule is COc1nc(-c2cccc(-c3cccc(-c4cc5c(=O)n(C)c(C=O)nn5c4)c3Cl)c2Cl)cc(F)c1CN(C[C@@H]1CCC(=O)N1)C(=O)OC(C)(C)C. The van der Waals surface area contributed by atoms with Crippen molar-refractivity contribution in [3.8, 4) is 39.4 Å². The second kappa shape index (κ2) is 14.4. The van der Waals surface area contributed by atoms with Crippen molar-refractivity contribution < 1.29 is 28.2 Å². The minimum absolute atomic E-state index is 0.0222. The molecule has 6 rings (SSSR count). The van der Waals surface area contributed by atoms with Gasteiger partial charge >= 0.3 is 6.09 Å². The quantitative estimate of drug-likeness (QED) is 0.164. The number of benzene rings is 2. The molecule has 2 amide bonds. The van der Waals surface area contributed by atoms with Crippen LogP contribution in [0.25, 0.3) is 39.0 Å². The molecule has 1 fully saturated rings. The number of methoxy groups -OCH3 is 1. The van der Waals surface area contributed by atoms with Gasteiger partial charge in [0.15, 0.2) is 12.1 Å². The summed E-state index contributed by atoms with van der Waals surface area (Å²) in [4.78, 5) is 55.3. The summed E-state index contributed by atoms with van der Waals surface area (Å²) < 4.78 is 29.7. The number of ether oxygens (including phenoxy) is 2. The molecule has 5 aromatic rings. The Morgan fingerprint density at radius 1 is 1.08 bits per heavy atom. The molecule has 1 saturated heterocycles. The summed E-state index contributed by atoms with van der Waals surface area (Å²) in [5.41, 5.74) is 1.92. The van der Waals surface area contributed by atoms with Crippen molar-refractivity contribution in [3.05, 3.63) is 92.3 Å². The Kier molecular flexibility index (Phi) is 10.1. The van der Waals surface area contributed by atoms with Gasteiger partial charge < -0.3 is 19.7 Å². The van der Waals surface area contributed by atoms with Crippen LogP contribution in [0.2, 0.25) is 10.0 Å². The van der Waals surface area contributed by atoms with Gasteiger partial charge in [-0.3, -0.25) is 19.0 Å². The molecule has 15 heteroatoms. The van der Waals surface area contributed by atoms with E-state index in [2.05, 4.69) is 15.4 Å². The van der Waals surface area contributed by atoms with Crippen LogP contribution in [0.5, 0.6) is 5.88 Å². The maximum absolute atomic E-state index is 16.1. The first-order valence-corrected chi connectivity index (χ1v) is 17.1. The highest BCUT2D eigenvalue weighted by atomic mass is 35.5. The third-order valence-electron chi connectivity index (χ3n) is 8.61. The van der Waals surface area contributed by atoms with Crippen LogP contribution in [0, 0.1) is 5.82 Å². The predicted molar refractivity (Wildman–Crippen MR) is 194 cm³/mol. The topological polar surface area (TPSA) is 137 Å². The highest BCUT2D eigenvalue weighted by Crippen LogP contribution is 2.43. The first-order chi connectivity index (χ1) is 24.7. The predicted octanol–water partition coefficient (Wildman–Crippen LogP) is 6.71. The fraction of sp³-hybridized carbons (Fsp3) is 0.297. The summed E-state index contributed by atoms with van der Waals surface area (Å²) in [5.74, 6) is -0.894. The van der Waals surface area contributed by atoms with E-state index < -0.39 is 23.1 Å². The van der Waals surface area contributed by atoms with Crippen molar-refractivity contribution in [3.63, 3.8) is 0 Å². The molecular formula is C37H35Cl2FN6O6. The third-order valence-corrected chi connectivity index (χ3v) is 9.42. The Bertz CT molecular complexity index is 2300. The van der Waals surface area contributed by atoms with Crippen LogP contribution >= 0.6 is 23.2 Å². The monoisotopic (exact) mass is 748 g/mol. The molecule has 12 nitrogen and oxygen atoms in total. The van der Waals surface area contributed by atoms with Crippen molar-refractivity contribution in [2.24, 2.45) is 7.05 Å². The summed E-state index contributed by atoms with van der Waals surface area (Å²) in [7, 11) is 2.82. The smallest absolute Gasteiger partial charge is 0.410 e. The third kappa shape index (κ3) is 7.24. The summed E-state index contributed by atoms with van der Waals surface area (Å²) in [5, 5.41) is 7.63. The lowest BCUT2D eigenvalue weighted by atomic mass is 9.97. The maximum Gasteiger partial charge on any atom is 0.410 e. The van der Waals surface area contributed by atoms with E-state index in [9.17, 15) is 19.2 Å². The van der Waals surface area contributed by atoms with Gasteiger partial charge in [0.05, 0.1) is 35.0 Å². The van der Waals surface area contributed by atoms with Gasteiger partial charge in [0.2, 0.25) is 11.8 Å². The number of nitrogens with zero attached hydrogens (tertiary/aromatic N) is 5. The number of hydrogen-bond acceptors (Lipinski definition) is 8. The highest BCUT2D eigenvalue weighted by molar-refractivity contribution is 6.39. The molecule has 4 heterocycles. The van der Waals surface area contributed by atoms with Crippen molar-refractivity contribution >= 4 is 47.0 Å². The number of carbonyl (C=O) groups is 3. The minimum atomic E-state index is -0.809. The molecule has 0 aliphatic carbocycles. The van der Waals surface area contributed by atoms with E-state index in [0.29, 0.717) is 52.0 Å². The zero-order valence-corrected chi connectivity index (χ0v) is 30.5. The van der Waals surface area contributed by atoms with Gasteiger partial charge in [-0.25, -0.2) is 18.7 Å². The molecular weight excluding hydrogens is 714 g/mol. The van der Waals surface area contributed by atoms with Crippen LogP contribution in [0.1, 0.15) is 49.8 Å². The van der Waals surface area contributed by atoms with E-state index in [1.54, 1.807) is 69.4 Å². The van der Waals surface area contributed by atoms with Crippen molar-refractivity contribution in [2.75, 3.05) is 13.7 Å². The molecule has 1 atom stereocenters. The molecule has 0 spiro atoms. The normalized spacial score (nSPS) is 14.4. The zero-order chi connectivity index (χ0) is 37.5. The van der Waals surface area contributed by atoms with Crippen LogP contribution in [-0.4, -0.2) is 67.6 Å². The van der Waals surface area contributed by atoms with E-state index in [0.717, 1.165) is 0 Å². The van der Waals surface area contributed by atoms with E-state index in [-0.39, 0.29) is 58.5 Å². The first-order valence-electron chi connectivity index (χ1n) is 16.3. The maximum atomic E-state index is 16.1. The van der Waals surface area contributed by atoms with Crippen molar-refractivity contribution in [2.45, 2.75) is 51.8 Å². The Balaban J connectivity index is 1.35. The van der Waals surface area contributed by atoms with Gasteiger partial charge in [-0.2, -0.15) is 0 Å². The molecule has 1 N–H and O–H groups in total. The number of amides is 2. The number of hydrogen-bond donors (Lipinski definition) is 1. The lowest BCUT2D eigenvalue weighted by Crippen LogP contribution is -2.44. The Morgan fingerprint density at radius 2 is 1.73 bits per heavy atom. The summed E-state index contributed by atoms with van der Waals surface area (Å²) in [6.07, 6.45) is 2.30. The lowest BCUT2D eigenvalue weighted by Gasteiger charge is -2.29. The molecule has 0 radical (unpaired) electrons. The molecule has 2 aromatic carbocycles. The number of nitrogens with one attached hydrogen (secondary N) is 1. The van der Waals surface area contributed by atoms with Gasteiger partial charge in [0.1, 0.15) is 16.9 Å². The largest absolute Gasteiger partial charge is 0.481 e. The number of halogens is 3. The molecule has 1 aliphatic heterocycles. The van der Waals surface area contributed by atoms with Crippen molar-refractivity contribution in [1.82, 2.24) is 29.4 Å². The Hall–Kier alpha value is -5.27. The number of rotatable bonds is 9. The van der Waals surface area contributed by atoms with E-state index >= 15 is 4.39 Å². The second-order valence-electron chi connectivity index (χ2n) is 13.4. The Morgan fingerprint density at radius 3 is 2.35 bits per heavy atom. The van der Waals surface area contributed by atoms with Crippen LogP contribution in [0.4, 0.5) is 9.18 Å². The fourth-order valence-electron chi connectivity index (χ4n) is 6.07. The summed E-state index contributed by atoms with van der Waals surface area (Å²) >= 11 is 14.0. The van der Waals surface area contributed by atoms with Gasteiger partial charge in [-0.1, -0.05) is 59.6 Å². The Labute approximate surface area is 308 Å². The van der Waals surface area contributed by atoms with Crippen LogP contribution in [0.3, 0.4) is 0 Å². The van der Waals surface area contributed by atoms with Crippen molar-refractivity contribution in [1.29, 1.82) is 0 Å². The second-order valence-corrected chi connectivity index (χ2v) is 14.1. The van der Waals surface area contributed by atoms with E-state index in [4.69, 9.17) is 32.7 Å².